The van der Waals surface area contributed by atoms with Gasteiger partial charge in [-0.05, 0) is 24.5 Å². The molecule has 2 aromatic carbocycles. The third-order valence-electron chi connectivity index (χ3n) is 3.63. The lowest BCUT2D eigenvalue weighted by atomic mass is 10.1. The molecule has 0 bridgehead atoms. The van der Waals surface area contributed by atoms with Crippen LogP contribution in [-0.4, -0.2) is 11.5 Å². The highest BCUT2D eigenvalue weighted by Crippen LogP contribution is 2.25. The van der Waals surface area contributed by atoms with Crippen molar-refractivity contribution in [2.45, 2.75) is 19.8 Å². The number of nitrogens with one attached hydrogen (secondary N) is 1. The van der Waals surface area contributed by atoms with Crippen molar-refractivity contribution in [3.63, 3.8) is 0 Å². The molecule has 0 aliphatic carbocycles. The highest BCUT2D eigenvalue weighted by molar-refractivity contribution is 7.15. The minimum Gasteiger partial charge on any atom is -0.361 e. The molecule has 2 nitrogen and oxygen atoms in total. The van der Waals surface area contributed by atoms with Gasteiger partial charge in [-0.15, -0.1) is 11.3 Å². The number of benzene rings is 2. The monoisotopic (exact) mass is 308 g/mol. The molecular formula is C19H20N2S. The molecule has 3 rings (SSSR count). The zero-order valence-electron chi connectivity index (χ0n) is 12.8. The van der Waals surface area contributed by atoms with Crippen molar-refractivity contribution in [3.8, 4) is 0 Å². The predicted octanol–water partition coefficient (Wildman–Crippen LogP) is 4.70. The number of aromatic nitrogens is 1. The van der Waals surface area contributed by atoms with Crippen molar-refractivity contribution in [2.24, 2.45) is 0 Å². The summed E-state index contributed by atoms with van der Waals surface area (Å²) in [4.78, 5) is 5.99. The molecule has 1 heterocycles. The van der Waals surface area contributed by atoms with E-state index < -0.39 is 0 Å². The Hall–Kier alpha value is -2.13. The van der Waals surface area contributed by atoms with Crippen LogP contribution in [0.1, 0.15) is 21.7 Å². The number of hydrogen-bond donors (Lipinski definition) is 1. The normalized spacial score (nSPS) is 10.6. The molecule has 0 aliphatic rings. The van der Waals surface area contributed by atoms with Gasteiger partial charge >= 0.3 is 0 Å². The van der Waals surface area contributed by atoms with Crippen molar-refractivity contribution in [3.05, 3.63) is 82.4 Å². The molecule has 0 amide bonds. The van der Waals surface area contributed by atoms with E-state index in [9.17, 15) is 0 Å². The summed E-state index contributed by atoms with van der Waals surface area (Å²) in [5.74, 6) is 0. The molecule has 0 fully saturated rings. The first kappa shape index (κ1) is 14.8. The highest BCUT2D eigenvalue weighted by Gasteiger charge is 2.08. The minimum atomic E-state index is 0.918. The van der Waals surface area contributed by atoms with Gasteiger partial charge < -0.3 is 5.32 Å². The van der Waals surface area contributed by atoms with Crippen LogP contribution in [0.15, 0.2) is 60.7 Å². The molecule has 22 heavy (non-hydrogen) atoms. The van der Waals surface area contributed by atoms with Crippen LogP contribution < -0.4 is 5.32 Å². The first-order valence-electron chi connectivity index (χ1n) is 7.59. The van der Waals surface area contributed by atoms with Crippen molar-refractivity contribution in [1.82, 2.24) is 4.98 Å². The fraction of sp³-hybridized carbons (Fsp3) is 0.211. The van der Waals surface area contributed by atoms with Crippen LogP contribution in [-0.2, 0) is 12.8 Å². The van der Waals surface area contributed by atoms with Crippen molar-refractivity contribution in [1.29, 1.82) is 0 Å². The van der Waals surface area contributed by atoms with E-state index in [1.54, 1.807) is 11.3 Å². The van der Waals surface area contributed by atoms with Gasteiger partial charge in [0.05, 0.1) is 5.69 Å². The maximum atomic E-state index is 4.65. The lowest BCUT2D eigenvalue weighted by molar-refractivity contribution is 1.01. The van der Waals surface area contributed by atoms with Crippen LogP contribution in [0, 0.1) is 6.92 Å². The Balaban J connectivity index is 1.58. The second kappa shape index (κ2) is 7.23. The van der Waals surface area contributed by atoms with E-state index in [-0.39, 0.29) is 0 Å². The van der Waals surface area contributed by atoms with E-state index >= 15 is 0 Å². The van der Waals surface area contributed by atoms with E-state index in [0.29, 0.717) is 0 Å². The molecule has 0 aliphatic heterocycles. The van der Waals surface area contributed by atoms with Gasteiger partial charge in [-0.2, -0.15) is 0 Å². The van der Waals surface area contributed by atoms with Crippen molar-refractivity contribution >= 4 is 16.5 Å². The molecule has 112 valence electrons. The molecule has 0 atom stereocenters. The number of rotatable bonds is 6. The summed E-state index contributed by atoms with van der Waals surface area (Å²) < 4.78 is 0. The second-order valence-electron chi connectivity index (χ2n) is 5.35. The van der Waals surface area contributed by atoms with E-state index in [2.05, 4.69) is 77.9 Å². The SMILES string of the molecule is Cc1nc(NCCc2ccccc2)sc1Cc1ccccc1. The first-order chi connectivity index (χ1) is 10.8. The molecular weight excluding hydrogens is 288 g/mol. The number of nitrogens with zero attached hydrogens (tertiary/aromatic N) is 1. The first-order valence-corrected chi connectivity index (χ1v) is 8.41. The molecule has 3 heteroatoms. The topological polar surface area (TPSA) is 24.9 Å². The summed E-state index contributed by atoms with van der Waals surface area (Å²) in [7, 11) is 0. The van der Waals surface area contributed by atoms with Gasteiger partial charge in [0.15, 0.2) is 5.13 Å². The zero-order valence-corrected chi connectivity index (χ0v) is 13.6. The second-order valence-corrected chi connectivity index (χ2v) is 6.44. The fourth-order valence-electron chi connectivity index (χ4n) is 2.41. The average Bonchev–Trinajstić information content (AvgIpc) is 2.89. The predicted molar refractivity (Wildman–Crippen MR) is 94.7 cm³/mol. The standard InChI is InChI=1S/C19H20N2S/c1-15-18(14-17-10-6-3-7-11-17)22-19(21-15)20-13-12-16-8-4-2-5-9-16/h2-11H,12-14H2,1H3,(H,20,21). The number of anilines is 1. The number of thiazole rings is 1. The summed E-state index contributed by atoms with van der Waals surface area (Å²) in [6.45, 7) is 3.01. The van der Waals surface area contributed by atoms with Gasteiger partial charge in [-0.3, -0.25) is 0 Å². The molecule has 1 aromatic heterocycles. The molecule has 3 aromatic rings. The average molecular weight is 308 g/mol. The lowest BCUT2D eigenvalue weighted by Crippen LogP contribution is -2.04. The summed E-state index contributed by atoms with van der Waals surface area (Å²) >= 11 is 1.77. The van der Waals surface area contributed by atoms with Gasteiger partial charge in [0.1, 0.15) is 0 Å². The third-order valence-corrected chi connectivity index (χ3v) is 4.75. The molecule has 0 saturated heterocycles. The molecule has 0 saturated carbocycles. The summed E-state index contributed by atoms with van der Waals surface area (Å²) in [5, 5.41) is 4.47. The van der Waals surface area contributed by atoms with Crippen molar-refractivity contribution < 1.29 is 0 Å². The number of hydrogen-bond acceptors (Lipinski definition) is 3. The van der Waals surface area contributed by atoms with Gasteiger partial charge in [-0.25, -0.2) is 4.98 Å². The maximum Gasteiger partial charge on any atom is 0.183 e. The van der Waals surface area contributed by atoms with E-state index in [1.807, 2.05) is 0 Å². The summed E-state index contributed by atoms with van der Waals surface area (Å²) in [5.41, 5.74) is 3.83. The van der Waals surface area contributed by atoms with E-state index in [1.165, 1.54) is 16.0 Å². The fourth-order valence-corrected chi connectivity index (χ4v) is 3.43. The number of aryl methyl sites for hydroxylation is 1. The zero-order chi connectivity index (χ0) is 15.2. The molecule has 1 N–H and O–H groups in total. The van der Waals surface area contributed by atoms with Crippen LogP contribution in [0.5, 0.6) is 0 Å². The maximum absolute atomic E-state index is 4.65. The Morgan fingerprint density at radius 1 is 0.909 bits per heavy atom. The van der Waals surface area contributed by atoms with E-state index in [0.717, 1.165) is 30.2 Å². The van der Waals surface area contributed by atoms with Gasteiger partial charge in [-0.1, -0.05) is 60.7 Å². The molecule has 0 radical (unpaired) electrons. The molecule has 0 unspecified atom stereocenters. The largest absolute Gasteiger partial charge is 0.361 e. The summed E-state index contributed by atoms with van der Waals surface area (Å²) in [6.07, 6.45) is 1.98. The van der Waals surface area contributed by atoms with Crippen molar-refractivity contribution in [2.75, 3.05) is 11.9 Å². The Morgan fingerprint density at radius 3 is 2.23 bits per heavy atom. The Kier molecular flexibility index (Phi) is 4.86. The van der Waals surface area contributed by atoms with Gasteiger partial charge in [0.2, 0.25) is 0 Å². The Labute approximate surface area is 135 Å². The summed E-state index contributed by atoms with van der Waals surface area (Å²) in [6, 6.07) is 21.1. The smallest absolute Gasteiger partial charge is 0.183 e. The Bertz CT molecular complexity index is 705. The highest BCUT2D eigenvalue weighted by atomic mass is 32.1. The van der Waals surface area contributed by atoms with E-state index in [4.69, 9.17) is 0 Å². The lowest BCUT2D eigenvalue weighted by Gasteiger charge is -2.02. The van der Waals surface area contributed by atoms with Crippen LogP contribution in [0.25, 0.3) is 0 Å². The van der Waals surface area contributed by atoms with Crippen LogP contribution in [0.4, 0.5) is 5.13 Å². The van der Waals surface area contributed by atoms with Crippen LogP contribution in [0.2, 0.25) is 0 Å². The Morgan fingerprint density at radius 2 is 1.55 bits per heavy atom. The molecule has 0 spiro atoms. The van der Waals surface area contributed by atoms with Crippen LogP contribution in [0.3, 0.4) is 0 Å². The van der Waals surface area contributed by atoms with Gasteiger partial charge in [0, 0.05) is 17.8 Å². The van der Waals surface area contributed by atoms with Gasteiger partial charge in [0.25, 0.3) is 0 Å². The third kappa shape index (κ3) is 3.95. The minimum absolute atomic E-state index is 0.918. The quantitative estimate of drug-likeness (QED) is 0.714. The van der Waals surface area contributed by atoms with Crippen LogP contribution >= 0.6 is 11.3 Å².